The summed E-state index contributed by atoms with van der Waals surface area (Å²) in [6.45, 7) is 20.6. The minimum Gasteiger partial charge on any atom is -0.495 e. The number of anilines is 1. The van der Waals surface area contributed by atoms with Crippen LogP contribution in [0, 0.1) is 0 Å². The zero-order chi connectivity index (χ0) is 24.2. The maximum atomic E-state index is 13.2. The number of ether oxygens (including phenoxy) is 2. The van der Waals surface area contributed by atoms with Gasteiger partial charge in [-0.25, -0.2) is 4.79 Å². The van der Waals surface area contributed by atoms with E-state index in [1.807, 2.05) is 20.8 Å². The van der Waals surface area contributed by atoms with Crippen LogP contribution in [0.15, 0.2) is 16.7 Å². The highest BCUT2D eigenvalue weighted by molar-refractivity contribution is 9.10. The van der Waals surface area contributed by atoms with E-state index in [1.165, 1.54) is 11.1 Å². The van der Waals surface area contributed by atoms with Crippen LogP contribution in [0.4, 0.5) is 10.5 Å². The molecular weight excluding hydrogens is 484 g/mol. The molecule has 0 saturated carbocycles. The highest BCUT2D eigenvalue weighted by atomic mass is 79.9. The lowest BCUT2D eigenvalue weighted by molar-refractivity contribution is 0.0580. The first-order valence-electron chi connectivity index (χ1n) is 11.7. The van der Waals surface area contributed by atoms with E-state index >= 15 is 0 Å². The van der Waals surface area contributed by atoms with Crippen molar-refractivity contribution in [2.24, 2.45) is 0 Å². The molecule has 0 aliphatic carbocycles. The summed E-state index contributed by atoms with van der Waals surface area (Å²) in [6.07, 6.45) is 2.89. The minimum atomic E-state index is -1.99. The molecule has 2 aromatic rings. The summed E-state index contributed by atoms with van der Waals surface area (Å²) in [5, 5.41) is 1.15. The summed E-state index contributed by atoms with van der Waals surface area (Å²) in [6, 6.07) is 2.15. The third kappa shape index (κ3) is 3.89. The molecule has 32 heavy (non-hydrogen) atoms. The predicted octanol–water partition coefficient (Wildman–Crippen LogP) is 7.73. The van der Waals surface area contributed by atoms with E-state index in [2.05, 4.69) is 74.0 Å². The molecule has 1 aromatic carbocycles. The number of hydrogen-bond donors (Lipinski definition) is 0. The molecular formula is C25H39BrN2O3Si. The molecule has 5 nitrogen and oxygen atoms in total. The van der Waals surface area contributed by atoms with Crippen molar-refractivity contribution in [3.63, 3.8) is 0 Å². The summed E-state index contributed by atoms with van der Waals surface area (Å²) in [5.74, 6) is 0.744. The predicted molar refractivity (Wildman–Crippen MR) is 140 cm³/mol. The van der Waals surface area contributed by atoms with Crippen LogP contribution < -0.4 is 9.64 Å². The van der Waals surface area contributed by atoms with Crippen molar-refractivity contribution in [1.82, 2.24) is 4.23 Å². The number of nitrogens with zero attached hydrogens (tertiary/aromatic N) is 2. The zero-order valence-electron chi connectivity index (χ0n) is 21.3. The molecule has 0 spiro atoms. The molecule has 7 heteroatoms. The van der Waals surface area contributed by atoms with Crippen LogP contribution in [-0.2, 0) is 11.2 Å². The van der Waals surface area contributed by atoms with E-state index in [0.717, 1.165) is 27.7 Å². The van der Waals surface area contributed by atoms with Crippen LogP contribution in [0.5, 0.6) is 5.75 Å². The number of benzene rings is 1. The molecule has 1 aliphatic heterocycles. The van der Waals surface area contributed by atoms with E-state index in [9.17, 15) is 4.79 Å². The van der Waals surface area contributed by atoms with Crippen molar-refractivity contribution in [1.29, 1.82) is 0 Å². The summed E-state index contributed by atoms with van der Waals surface area (Å²) in [4.78, 5) is 15.0. The summed E-state index contributed by atoms with van der Waals surface area (Å²) in [5.41, 5.74) is 4.48. The molecule has 1 aliphatic rings. The minimum absolute atomic E-state index is 0.314. The molecule has 0 saturated heterocycles. The first-order chi connectivity index (χ1) is 14.8. The van der Waals surface area contributed by atoms with Crippen LogP contribution in [0.2, 0.25) is 16.6 Å². The van der Waals surface area contributed by atoms with E-state index in [0.29, 0.717) is 23.2 Å². The van der Waals surface area contributed by atoms with Crippen LogP contribution in [0.25, 0.3) is 10.9 Å². The quantitative estimate of drug-likeness (QED) is 0.377. The average Bonchev–Trinajstić information content (AvgIpc) is 3.01. The van der Waals surface area contributed by atoms with Gasteiger partial charge in [-0.15, -0.1) is 0 Å². The Morgan fingerprint density at radius 3 is 2.12 bits per heavy atom. The molecule has 0 radical (unpaired) electrons. The Bertz CT molecular complexity index is 999. The van der Waals surface area contributed by atoms with E-state index < -0.39 is 13.8 Å². The van der Waals surface area contributed by atoms with Gasteiger partial charge in [-0.3, -0.25) is 4.90 Å². The normalized spacial score (nSPS) is 14.8. The van der Waals surface area contributed by atoms with Gasteiger partial charge in [-0.05, 0) is 71.5 Å². The molecule has 0 unspecified atom stereocenters. The van der Waals surface area contributed by atoms with Crippen LogP contribution >= 0.6 is 15.9 Å². The number of carbonyl (C=O) groups is 1. The zero-order valence-corrected chi connectivity index (χ0v) is 23.9. The lowest BCUT2D eigenvalue weighted by Gasteiger charge is -2.44. The Labute approximate surface area is 202 Å². The number of amides is 1. The van der Waals surface area contributed by atoms with E-state index in [4.69, 9.17) is 9.47 Å². The standard InChI is InChI=1S/C25H39BrN2O3Si/c1-15(2)32(16(3)4,17(5)6)28-14-18-11-12-27(24(29)31-25(7,8)9)23-21(18)19(28)13-20(30-10)22(23)26/h13-17H,11-12H2,1-10H3. The highest BCUT2D eigenvalue weighted by Gasteiger charge is 2.47. The lowest BCUT2D eigenvalue weighted by Crippen LogP contribution is -2.51. The van der Waals surface area contributed by atoms with Crippen LogP contribution in [-0.4, -0.2) is 37.8 Å². The molecule has 0 fully saturated rings. The fourth-order valence-electron chi connectivity index (χ4n) is 5.99. The topological polar surface area (TPSA) is 43.7 Å². The molecule has 0 N–H and O–H groups in total. The van der Waals surface area contributed by atoms with Gasteiger partial charge in [0, 0.05) is 23.5 Å². The molecule has 178 valence electrons. The summed E-state index contributed by atoms with van der Waals surface area (Å²) >= 11 is 3.75. The molecule has 3 rings (SSSR count). The SMILES string of the molecule is COc1cc2c3c(cn2[Si](C(C)C)(C(C)C)C(C)C)CCN(C(=O)OC(C)(C)C)c3c1Br. The second-order valence-corrected chi connectivity index (χ2v) is 17.4. The van der Waals surface area contributed by atoms with Crippen molar-refractivity contribution < 1.29 is 14.3 Å². The number of rotatable bonds is 5. The Balaban J connectivity index is 2.37. The van der Waals surface area contributed by atoms with Gasteiger partial charge in [0.15, 0.2) is 8.24 Å². The number of aromatic nitrogens is 1. The lowest BCUT2D eigenvalue weighted by atomic mass is 10.0. The Kier molecular flexibility index (Phi) is 6.85. The highest BCUT2D eigenvalue weighted by Crippen LogP contribution is 2.50. The Morgan fingerprint density at radius 1 is 1.09 bits per heavy atom. The van der Waals surface area contributed by atoms with Gasteiger partial charge in [-0.2, -0.15) is 0 Å². The monoisotopic (exact) mass is 522 g/mol. The largest absolute Gasteiger partial charge is 0.495 e. The van der Waals surface area contributed by atoms with Crippen molar-refractivity contribution in [2.45, 2.75) is 91.0 Å². The number of hydrogen-bond acceptors (Lipinski definition) is 3. The Hall–Kier alpha value is -1.47. The van der Waals surface area contributed by atoms with Crippen molar-refractivity contribution in [3.05, 3.63) is 22.3 Å². The van der Waals surface area contributed by atoms with Gasteiger partial charge in [0.05, 0.1) is 17.3 Å². The van der Waals surface area contributed by atoms with Gasteiger partial charge >= 0.3 is 6.09 Å². The molecule has 1 aromatic heterocycles. The molecule has 1 amide bonds. The van der Waals surface area contributed by atoms with Crippen LogP contribution in [0.3, 0.4) is 0 Å². The van der Waals surface area contributed by atoms with Crippen molar-refractivity contribution in [2.75, 3.05) is 18.6 Å². The first-order valence-corrected chi connectivity index (χ1v) is 14.7. The average molecular weight is 524 g/mol. The number of methoxy groups -OCH3 is 1. The molecule has 0 bridgehead atoms. The third-order valence-electron chi connectivity index (χ3n) is 6.95. The van der Waals surface area contributed by atoms with E-state index in [-0.39, 0.29) is 6.09 Å². The van der Waals surface area contributed by atoms with Gasteiger partial charge in [0.1, 0.15) is 11.4 Å². The van der Waals surface area contributed by atoms with Crippen molar-refractivity contribution >= 4 is 46.8 Å². The smallest absolute Gasteiger partial charge is 0.414 e. The van der Waals surface area contributed by atoms with Crippen LogP contribution in [0.1, 0.15) is 67.9 Å². The third-order valence-corrected chi connectivity index (χ3v) is 14.5. The van der Waals surface area contributed by atoms with Crippen molar-refractivity contribution in [3.8, 4) is 5.75 Å². The van der Waals surface area contributed by atoms with Gasteiger partial charge in [0.2, 0.25) is 0 Å². The van der Waals surface area contributed by atoms with E-state index in [1.54, 1.807) is 12.0 Å². The number of halogens is 1. The van der Waals surface area contributed by atoms with Gasteiger partial charge in [0.25, 0.3) is 0 Å². The second kappa shape index (κ2) is 8.71. The maximum Gasteiger partial charge on any atom is 0.414 e. The fraction of sp³-hybridized carbons (Fsp3) is 0.640. The molecule has 2 heterocycles. The maximum absolute atomic E-state index is 13.2. The molecule has 0 atom stereocenters. The van der Waals surface area contributed by atoms with Gasteiger partial charge < -0.3 is 13.7 Å². The number of carbonyl (C=O) groups excluding carboxylic acids is 1. The van der Waals surface area contributed by atoms with Gasteiger partial charge in [-0.1, -0.05) is 41.5 Å². The Morgan fingerprint density at radius 2 is 1.66 bits per heavy atom. The summed E-state index contributed by atoms with van der Waals surface area (Å²) in [7, 11) is -0.302. The second-order valence-electron chi connectivity index (χ2n) is 10.9. The summed E-state index contributed by atoms with van der Waals surface area (Å²) < 4.78 is 15.0. The fourth-order valence-corrected chi connectivity index (χ4v) is 13.3. The first kappa shape index (κ1) is 25.2.